The largest absolute Gasteiger partial charge is 0.481 e. The number of carboxylic acid groups (broad SMARTS) is 1. The highest BCUT2D eigenvalue weighted by Crippen LogP contribution is 2.37. The van der Waals surface area contributed by atoms with Gasteiger partial charge in [-0.15, -0.1) is 0 Å². The Kier molecular flexibility index (Phi) is 4.37. The standard InChI is InChI=1S/C15H20N2O3/c1-10(2)9-17-13(18)4-3-12(15(19)20)14(17)11-5-7-16-8-6-11/h5-8,10,12,14H,3-4,9H2,1-2H3,(H,19,20). The lowest BCUT2D eigenvalue weighted by Gasteiger charge is -2.40. The molecule has 1 fully saturated rings. The number of rotatable bonds is 4. The van der Waals surface area contributed by atoms with Crippen molar-refractivity contribution < 1.29 is 14.7 Å². The third-order valence-electron chi connectivity index (χ3n) is 3.63. The summed E-state index contributed by atoms with van der Waals surface area (Å²) in [6.45, 7) is 4.64. The zero-order valence-electron chi connectivity index (χ0n) is 11.8. The number of piperidine rings is 1. The molecule has 1 amide bonds. The Morgan fingerprint density at radius 3 is 2.65 bits per heavy atom. The van der Waals surface area contributed by atoms with Gasteiger partial charge in [0.05, 0.1) is 12.0 Å². The van der Waals surface area contributed by atoms with Crippen LogP contribution in [0.4, 0.5) is 0 Å². The molecule has 5 nitrogen and oxygen atoms in total. The van der Waals surface area contributed by atoms with Crippen LogP contribution in [0.15, 0.2) is 24.5 Å². The summed E-state index contributed by atoms with van der Waals surface area (Å²) >= 11 is 0. The van der Waals surface area contributed by atoms with Crippen molar-refractivity contribution in [3.63, 3.8) is 0 Å². The average Bonchev–Trinajstić information content (AvgIpc) is 2.41. The highest BCUT2D eigenvalue weighted by Gasteiger charge is 2.40. The van der Waals surface area contributed by atoms with E-state index in [1.165, 1.54) is 0 Å². The number of carbonyl (C=O) groups is 2. The van der Waals surface area contributed by atoms with Gasteiger partial charge in [-0.05, 0) is 30.0 Å². The monoisotopic (exact) mass is 276 g/mol. The first kappa shape index (κ1) is 14.5. The molecule has 0 spiro atoms. The number of aromatic nitrogens is 1. The number of carbonyl (C=O) groups excluding carboxylic acids is 1. The van der Waals surface area contributed by atoms with Gasteiger partial charge in [0.1, 0.15) is 0 Å². The molecule has 2 unspecified atom stereocenters. The predicted molar refractivity (Wildman–Crippen MR) is 73.9 cm³/mol. The second kappa shape index (κ2) is 6.03. The van der Waals surface area contributed by atoms with E-state index in [4.69, 9.17) is 0 Å². The van der Waals surface area contributed by atoms with Crippen molar-refractivity contribution >= 4 is 11.9 Å². The van der Waals surface area contributed by atoms with E-state index >= 15 is 0 Å². The second-order valence-electron chi connectivity index (χ2n) is 5.65. The highest BCUT2D eigenvalue weighted by molar-refractivity contribution is 5.81. The maximum Gasteiger partial charge on any atom is 0.308 e. The summed E-state index contributed by atoms with van der Waals surface area (Å²) in [7, 11) is 0. The van der Waals surface area contributed by atoms with E-state index in [-0.39, 0.29) is 11.9 Å². The quantitative estimate of drug-likeness (QED) is 0.914. The van der Waals surface area contributed by atoms with E-state index < -0.39 is 11.9 Å². The van der Waals surface area contributed by atoms with Crippen molar-refractivity contribution in [3.8, 4) is 0 Å². The molecular formula is C15H20N2O3. The molecule has 0 bridgehead atoms. The Morgan fingerprint density at radius 1 is 1.45 bits per heavy atom. The Hall–Kier alpha value is -1.91. The van der Waals surface area contributed by atoms with Gasteiger partial charge in [-0.3, -0.25) is 14.6 Å². The van der Waals surface area contributed by atoms with E-state index in [1.807, 2.05) is 13.8 Å². The predicted octanol–water partition coefficient (Wildman–Crippen LogP) is 2.10. The van der Waals surface area contributed by atoms with Crippen molar-refractivity contribution in [1.29, 1.82) is 0 Å². The molecule has 2 rings (SSSR count). The number of pyridine rings is 1. The highest BCUT2D eigenvalue weighted by atomic mass is 16.4. The molecule has 0 aromatic carbocycles. The number of carboxylic acids is 1. The van der Waals surface area contributed by atoms with Crippen LogP contribution in [0.1, 0.15) is 38.3 Å². The lowest BCUT2D eigenvalue weighted by molar-refractivity contribution is -0.152. The van der Waals surface area contributed by atoms with E-state index in [9.17, 15) is 14.7 Å². The molecule has 1 aromatic heterocycles. The van der Waals surface area contributed by atoms with Gasteiger partial charge in [0.15, 0.2) is 0 Å². The molecule has 20 heavy (non-hydrogen) atoms. The number of nitrogens with zero attached hydrogens (tertiary/aromatic N) is 2. The van der Waals surface area contributed by atoms with Crippen LogP contribution in [0, 0.1) is 11.8 Å². The maximum absolute atomic E-state index is 12.2. The number of hydrogen-bond donors (Lipinski definition) is 1. The molecule has 1 aromatic rings. The van der Waals surface area contributed by atoms with Crippen molar-refractivity contribution in [1.82, 2.24) is 9.88 Å². The zero-order chi connectivity index (χ0) is 14.7. The van der Waals surface area contributed by atoms with E-state index in [0.29, 0.717) is 25.3 Å². The number of likely N-dealkylation sites (tertiary alicyclic amines) is 1. The normalized spacial score (nSPS) is 23.1. The summed E-state index contributed by atoms with van der Waals surface area (Å²) in [5.74, 6) is -1.05. The van der Waals surface area contributed by atoms with Crippen LogP contribution in [-0.2, 0) is 9.59 Å². The van der Waals surface area contributed by atoms with Crippen LogP contribution in [0.3, 0.4) is 0 Å². The summed E-state index contributed by atoms with van der Waals surface area (Å²) in [6, 6.07) is 3.21. The minimum absolute atomic E-state index is 0.0398. The lowest BCUT2D eigenvalue weighted by Crippen LogP contribution is -2.46. The molecule has 0 saturated carbocycles. The summed E-state index contributed by atoms with van der Waals surface area (Å²) in [5.41, 5.74) is 0.848. The number of aliphatic carboxylic acids is 1. The van der Waals surface area contributed by atoms with Crippen LogP contribution in [0.5, 0.6) is 0 Å². The smallest absolute Gasteiger partial charge is 0.308 e. The third kappa shape index (κ3) is 2.98. The minimum atomic E-state index is -0.840. The van der Waals surface area contributed by atoms with Crippen LogP contribution < -0.4 is 0 Å². The van der Waals surface area contributed by atoms with E-state index in [1.54, 1.807) is 29.4 Å². The molecule has 1 saturated heterocycles. The van der Waals surface area contributed by atoms with Gasteiger partial charge in [0.2, 0.25) is 5.91 Å². The SMILES string of the molecule is CC(C)CN1C(=O)CCC(C(=O)O)C1c1ccncc1. The maximum atomic E-state index is 12.2. The Labute approximate surface area is 118 Å². The summed E-state index contributed by atoms with van der Waals surface area (Å²) in [4.78, 5) is 29.4. The molecule has 1 aliphatic rings. The first-order chi connectivity index (χ1) is 9.50. The van der Waals surface area contributed by atoms with Gasteiger partial charge in [0.25, 0.3) is 0 Å². The molecule has 0 radical (unpaired) electrons. The number of amides is 1. The molecule has 0 aliphatic carbocycles. The fourth-order valence-electron chi connectivity index (χ4n) is 2.79. The first-order valence-electron chi connectivity index (χ1n) is 6.93. The van der Waals surface area contributed by atoms with Gasteiger partial charge < -0.3 is 10.0 Å². The Morgan fingerprint density at radius 2 is 2.10 bits per heavy atom. The summed E-state index contributed by atoms with van der Waals surface area (Å²) in [6.07, 6.45) is 3.99. The minimum Gasteiger partial charge on any atom is -0.481 e. The first-order valence-corrected chi connectivity index (χ1v) is 6.93. The van der Waals surface area contributed by atoms with Gasteiger partial charge in [-0.2, -0.15) is 0 Å². The van der Waals surface area contributed by atoms with Gasteiger partial charge in [0, 0.05) is 25.4 Å². The van der Waals surface area contributed by atoms with Gasteiger partial charge in [-0.1, -0.05) is 13.8 Å². The third-order valence-corrected chi connectivity index (χ3v) is 3.63. The summed E-state index contributed by atoms with van der Waals surface area (Å²) in [5, 5.41) is 9.45. The van der Waals surface area contributed by atoms with Crippen molar-refractivity contribution in [2.45, 2.75) is 32.7 Å². The molecule has 108 valence electrons. The van der Waals surface area contributed by atoms with Crippen LogP contribution >= 0.6 is 0 Å². The second-order valence-corrected chi connectivity index (χ2v) is 5.65. The molecule has 1 aliphatic heterocycles. The van der Waals surface area contributed by atoms with E-state index in [2.05, 4.69) is 4.98 Å². The molecule has 2 heterocycles. The topological polar surface area (TPSA) is 70.5 Å². The molecule has 5 heteroatoms. The van der Waals surface area contributed by atoms with Crippen molar-refractivity contribution in [2.75, 3.05) is 6.54 Å². The van der Waals surface area contributed by atoms with Gasteiger partial charge in [-0.25, -0.2) is 0 Å². The average molecular weight is 276 g/mol. The number of hydrogen-bond acceptors (Lipinski definition) is 3. The molecule has 1 N–H and O–H groups in total. The van der Waals surface area contributed by atoms with Crippen molar-refractivity contribution in [2.24, 2.45) is 11.8 Å². The van der Waals surface area contributed by atoms with Crippen LogP contribution in [0.2, 0.25) is 0 Å². The lowest BCUT2D eigenvalue weighted by atomic mass is 9.84. The zero-order valence-corrected chi connectivity index (χ0v) is 11.8. The Bertz CT molecular complexity index is 487. The Balaban J connectivity index is 2.39. The van der Waals surface area contributed by atoms with Crippen LogP contribution in [0.25, 0.3) is 0 Å². The molecule has 2 atom stereocenters. The van der Waals surface area contributed by atoms with Crippen LogP contribution in [-0.4, -0.2) is 33.4 Å². The van der Waals surface area contributed by atoms with Gasteiger partial charge >= 0.3 is 5.97 Å². The van der Waals surface area contributed by atoms with E-state index in [0.717, 1.165) is 5.56 Å². The molecular weight excluding hydrogens is 256 g/mol. The fraction of sp³-hybridized carbons (Fsp3) is 0.533. The summed E-state index contributed by atoms with van der Waals surface area (Å²) < 4.78 is 0. The van der Waals surface area contributed by atoms with Crippen molar-refractivity contribution in [3.05, 3.63) is 30.1 Å². The fourth-order valence-corrected chi connectivity index (χ4v) is 2.79.